The number of nitrogens with one attached hydrogen (secondary N) is 1. The van der Waals surface area contributed by atoms with Gasteiger partial charge in [-0.1, -0.05) is 54.6 Å². The number of rotatable bonds is 11. The van der Waals surface area contributed by atoms with Gasteiger partial charge in [-0.15, -0.1) is 0 Å². The van der Waals surface area contributed by atoms with E-state index in [4.69, 9.17) is 22.1 Å². The third-order valence-corrected chi connectivity index (χ3v) is 7.83. The highest BCUT2D eigenvalue weighted by Gasteiger charge is 2.25. The minimum Gasteiger partial charge on any atom is -0.445 e. The number of furan rings is 5. The molecular formula is C40H32N4O5. The molecule has 9 heteroatoms. The second kappa shape index (κ2) is 12.8. The SMILES string of the molecule is Cc1ccc(N(c2ccccc2)c2ccc(Nc3ccc(N(c4ccccc4)c4ccc(N(c5ccccc5)c5ccc(C)o5)o4)o3)o2)o1. The van der Waals surface area contributed by atoms with Crippen molar-refractivity contribution in [3.05, 3.63) is 163 Å². The number of benzene rings is 3. The summed E-state index contributed by atoms with van der Waals surface area (Å²) in [6.07, 6.45) is 0. The van der Waals surface area contributed by atoms with Crippen molar-refractivity contribution < 1.29 is 22.1 Å². The number of hydrogen-bond donors (Lipinski definition) is 1. The van der Waals surface area contributed by atoms with Crippen LogP contribution in [0.3, 0.4) is 0 Å². The Labute approximate surface area is 282 Å². The lowest BCUT2D eigenvalue weighted by atomic mass is 10.3. The van der Waals surface area contributed by atoms with Crippen molar-refractivity contribution >= 4 is 64.1 Å². The number of para-hydroxylation sites is 3. The van der Waals surface area contributed by atoms with Gasteiger partial charge in [-0.25, -0.2) is 0 Å². The zero-order valence-corrected chi connectivity index (χ0v) is 26.8. The van der Waals surface area contributed by atoms with E-state index in [1.807, 2.05) is 180 Å². The molecule has 0 aliphatic carbocycles. The molecule has 0 amide bonds. The second-order valence-electron chi connectivity index (χ2n) is 11.3. The molecule has 0 unspecified atom stereocenters. The molecule has 0 saturated carbocycles. The number of hydrogen-bond acceptors (Lipinski definition) is 9. The topological polar surface area (TPSA) is 87.5 Å². The lowest BCUT2D eigenvalue weighted by Crippen LogP contribution is -2.09. The smallest absolute Gasteiger partial charge is 0.209 e. The van der Waals surface area contributed by atoms with Crippen LogP contribution < -0.4 is 20.0 Å². The summed E-state index contributed by atoms with van der Waals surface area (Å²) in [7, 11) is 0. The van der Waals surface area contributed by atoms with Gasteiger partial charge in [-0.05, 0) is 62.4 Å². The summed E-state index contributed by atoms with van der Waals surface area (Å²) in [6, 6.07) is 48.8. The molecule has 9 nitrogen and oxygen atoms in total. The molecule has 0 spiro atoms. The van der Waals surface area contributed by atoms with Crippen molar-refractivity contribution in [2.45, 2.75) is 13.8 Å². The molecular weight excluding hydrogens is 616 g/mol. The summed E-state index contributed by atoms with van der Waals surface area (Å²) in [6.45, 7) is 3.83. The van der Waals surface area contributed by atoms with Crippen LogP contribution in [-0.4, -0.2) is 0 Å². The minimum atomic E-state index is 0.487. The van der Waals surface area contributed by atoms with E-state index in [9.17, 15) is 0 Å². The Balaban J connectivity index is 1.10. The zero-order valence-electron chi connectivity index (χ0n) is 26.8. The van der Waals surface area contributed by atoms with Crippen molar-refractivity contribution in [1.29, 1.82) is 0 Å². The van der Waals surface area contributed by atoms with E-state index in [0.717, 1.165) is 28.6 Å². The van der Waals surface area contributed by atoms with Gasteiger partial charge in [0.1, 0.15) is 11.5 Å². The van der Waals surface area contributed by atoms with Gasteiger partial charge in [0, 0.05) is 48.5 Å². The van der Waals surface area contributed by atoms with Crippen LogP contribution in [0.5, 0.6) is 0 Å². The quantitative estimate of drug-likeness (QED) is 0.147. The van der Waals surface area contributed by atoms with E-state index < -0.39 is 0 Å². The molecule has 5 heterocycles. The summed E-state index contributed by atoms with van der Waals surface area (Å²) in [5, 5.41) is 3.27. The molecule has 0 saturated heterocycles. The number of aryl methyl sites for hydroxylation is 2. The molecule has 8 rings (SSSR count). The number of anilines is 11. The Morgan fingerprint density at radius 2 is 0.633 bits per heavy atom. The molecule has 49 heavy (non-hydrogen) atoms. The Hall–Kier alpha value is -6.74. The average Bonchev–Trinajstić information content (AvgIpc) is 3.99. The van der Waals surface area contributed by atoms with Gasteiger partial charge in [0.25, 0.3) is 0 Å². The van der Waals surface area contributed by atoms with E-state index in [2.05, 4.69) is 5.32 Å². The monoisotopic (exact) mass is 648 g/mol. The molecule has 3 aromatic carbocycles. The van der Waals surface area contributed by atoms with Crippen LogP contribution in [0.4, 0.5) is 64.1 Å². The molecule has 0 bridgehead atoms. The van der Waals surface area contributed by atoms with Crippen LogP contribution in [0, 0.1) is 13.8 Å². The maximum Gasteiger partial charge on any atom is 0.209 e. The minimum absolute atomic E-state index is 0.487. The maximum atomic E-state index is 6.56. The highest BCUT2D eigenvalue weighted by Crippen LogP contribution is 2.43. The third-order valence-electron chi connectivity index (χ3n) is 7.83. The maximum absolute atomic E-state index is 6.56. The lowest BCUT2D eigenvalue weighted by molar-refractivity contribution is 0.519. The first-order valence-corrected chi connectivity index (χ1v) is 15.8. The predicted octanol–water partition coefficient (Wildman–Crippen LogP) is 12.4. The highest BCUT2D eigenvalue weighted by molar-refractivity contribution is 5.76. The van der Waals surface area contributed by atoms with Crippen LogP contribution >= 0.6 is 0 Å². The van der Waals surface area contributed by atoms with Gasteiger partial charge < -0.3 is 22.1 Å². The predicted molar refractivity (Wildman–Crippen MR) is 191 cm³/mol. The molecule has 242 valence electrons. The standard InChI is InChI=1S/C40H32N4O5/c1-28-18-22-35(45-28)42(30-12-6-3-7-13-30)37-24-20-33(47-37)41-34-21-25-38(48-34)44(32-16-10-5-11-17-32)40-27-26-39(49-40)43(31-14-8-4-9-15-31)36-23-19-29(2)46-36/h3-27,41H,1-2H3. The van der Waals surface area contributed by atoms with Gasteiger partial charge in [-0.2, -0.15) is 0 Å². The van der Waals surface area contributed by atoms with E-state index in [0.29, 0.717) is 47.1 Å². The first kappa shape index (κ1) is 29.6. The molecule has 5 aromatic heterocycles. The molecule has 8 aromatic rings. The Morgan fingerprint density at radius 3 is 0.980 bits per heavy atom. The highest BCUT2D eigenvalue weighted by atomic mass is 16.4. The third kappa shape index (κ3) is 6.08. The largest absolute Gasteiger partial charge is 0.445 e. The summed E-state index contributed by atoms with van der Waals surface area (Å²) in [4.78, 5) is 5.77. The Kier molecular flexibility index (Phi) is 7.75. The van der Waals surface area contributed by atoms with Crippen molar-refractivity contribution in [3.8, 4) is 0 Å². The molecule has 0 aliphatic rings. The summed E-state index contributed by atoms with van der Waals surface area (Å²) >= 11 is 0. The normalized spacial score (nSPS) is 11.1. The van der Waals surface area contributed by atoms with Crippen LogP contribution in [-0.2, 0) is 0 Å². The zero-order chi connectivity index (χ0) is 33.2. The van der Waals surface area contributed by atoms with Crippen molar-refractivity contribution in [1.82, 2.24) is 0 Å². The van der Waals surface area contributed by atoms with E-state index in [1.54, 1.807) is 0 Å². The van der Waals surface area contributed by atoms with Gasteiger partial charge in [0.2, 0.25) is 47.1 Å². The molecule has 1 N–H and O–H groups in total. The van der Waals surface area contributed by atoms with Crippen molar-refractivity contribution in [3.63, 3.8) is 0 Å². The van der Waals surface area contributed by atoms with Crippen LogP contribution in [0.15, 0.2) is 174 Å². The summed E-state index contributed by atoms with van der Waals surface area (Å²) < 4.78 is 31.2. The molecule has 0 aliphatic heterocycles. The Bertz CT molecular complexity index is 2260. The fourth-order valence-corrected chi connectivity index (χ4v) is 5.61. The fraction of sp³-hybridized carbons (Fsp3) is 0.0500. The second-order valence-corrected chi connectivity index (χ2v) is 11.3. The van der Waals surface area contributed by atoms with Gasteiger partial charge in [-0.3, -0.25) is 20.0 Å². The molecule has 0 radical (unpaired) electrons. The van der Waals surface area contributed by atoms with Crippen LogP contribution in [0.1, 0.15) is 11.5 Å². The summed E-state index contributed by atoms with van der Waals surface area (Å²) in [5.74, 6) is 6.14. The molecule has 0 fully saturated rings. The van der Waals surface area contributed by atoms with Crippen molar-refractivity contribution in [2.24, 2.45) is 0 Å². The van der Waals surface area contributed by atoms with Crippen LogP contribution in [0.25, 0.3) is 0 Å². The lowest BCUT2D eigenvalue weighted by Gasteiger charge is -2.21. The molecule has 0 atom stereocenters. The van der Waals surface area contributed by atoms with Gasteiger partial charge in [0.15, 0.2) is 0 Å². The van der Waals surface area contributed by atoms with Gasteiger partial charge in [0.05, 0.1) is 17.1 Å². The Morgan fingerprint density at radius 1 is 0.327 bits per heavy atom. The van der Waals surface area contributed by atoms with Crippen LogP contribution in [0.2, 0.25) is 0 Å². The van der Waals surface area contributed by atoms with Crippen molar-refractivity contribution in [2.75, 3.05) is 20.0 Å². The van der Waals surface area contributed by atoms with E-state index in [1.165, 1.54) is 0 Å². The van der Waals surface area contributed by atoms with E-state index in [-0.39, 0.29) is 0 Å². The number of nitrogens with zero attached hydrogens (tertiary/aromatic N) is 3. The fourth-order valence-electron chi connectivity index (χ4n) is 5.61. The first-order chi connectivity index (χ1) is 24.1. The summed E-state index contributed by atoms with van der Waals surface area (Å²) in [5.41, 5.74) is 2.67. The van der Waals surface area contributed by atoms with Gasteiger partial charge >= 0.3 is 0 Å². The average molecular weight is 649 g/mol. The van der Waals surface area contributed by atoms with E-state index >= 15 is 0 Å². The first-order valence-electron chi connectivity index (χ1n) is 15.8.